The number of nitrogens with one attached hydrogen (secondary N) is 1. The van der Waals surface area contributed by atoms with Crippen molar-refractivity contribution in [2.75, 3.05) is 45.9 Å². The number of likely N-dealkylation sites (tertiary alicyclic amines) is 1. The minimum atomic E-state index is 0.0522. The molecule has 0 amide bonds. The first-order valence-corrected chi connectivity index (χ1v) is 10.9. The summed E-state index contributed by atoms with van der Waals surface area (Å²) < 4.78 is 7.85. The molecule has 0 aliphatic carbocycles. The molecule has 1 N–H and O–H groups in total. The van der Waals surface area contributed by atoms with Crippen molar-refractivity contribution >= 4 is 5.96 Å². The van der Waals surface area contributed by atoms with Gasteiger partial charge in [0.2, 0.25) is 0 Å². The number of ether oxygens (including phenoxy) is 1. The van der Waals surface area contributed by atoms with Crippen molar-refractivity contribution in [3.05, 3.63) is 18.0 Å². The van der Waals surface area contributed by atoms with Crippen molar-refractivity contribution in [3.8, 4) is 0 Å². The van der Waals surface area contributed by atoms with E-state index in [-0.39, 0.29) is 6.10 Å². The predicted molar refractivity (Wildman–Crippen MR) is 114 cm³/mol. The van der Waals surface area contributed by atoms with Crippen LogP contribution in [0.1, 0.15) is 51.7 Å². The molecule has 1 aromatic rings. The van der Waals surface area contributed by atoms with Crippen LogP contribution in [0, 0.1) is 5.92 Å². The van der Waals surface area contributed by atoms with E-state index >= 15 is 0 Å². The predicted octanol–water partition coefficient (Wildman–Crippen LogP) is 2.27. The maximum atomic E-state index is 6.01. The molecule has 7 heteroatoms. The quantitative estimate of drug-likeness (QED) is 0.572. The Morgan fingerprint density at radius 1 is 1.32 bits per heavy atom. The van der Waals surface area contributed by atoms with Gasteiger partial charge in [-0.3, -0.25) is 14.6 Å². The third-order valence-corrected chi connectivity index (χ3v) is 5.65. The lowest BCUT2D eigenvalue weighted by Gasteiger charge is -2.35. The zero-order valence-electron chi connectivity index (χ0n) is 18.1. The van der Waals surface area contributed by atoms with Gasteiger partial charge in [-0.1, -0.05) is 13.8 Å². The molecule has 28 heavy (non-hydrogen) atoms. The van der Waals surface area contributed by atoms with E-state index in [0.29, 0.717) is 18.6 Å². The largest absolute Gasteiger partial charge is 0.370 e. The van der Waals surface area contributed by atoms with Gasteiger partial charge in [-0.15, -0.1) is 0 Å². The summed E-state index contributed by atoms with van der Waals surface area (Å²) in [6.45, 7) is 13.4. The molecule has 2 aliphatic rings. The summed E-state index contributed by atoms with van der Waals surface area (Å²) in [4.78, 5) is 10.1. The number of morpholine rings is 1. The van der Waals surface area contributed by atoms with Gasteiger partial charge in [-0.25, -0.2) is 0 Å². The molecule has 2 fully saturated rings. The summed E-state index contributed by atoms with van der Waals surface area (Å²) >= 11 is 0. The standard InChI is InChI=1S/C21H38N6O/c1-5-22-21(23-14-19(12-17(2)3)26-8-6-7-9-26)27-10-11-28-20(16-27)18-13-24-25(4)15-18/h13,15,17,19-20H,5-12,14,16H2,1-4H3,(H,22,23). The van der Waals surface area contributed by atoms with Gasteiger partial charge in [-0.05, 0) is 45.2 Å². The van der Waals surface area contributed by atoms with Gasteiger partial charge < -0.3 is 15.0 Å². The van der Waals surface area contributed by atoms with Crippen molar-refractivity contribution in [1.82, 2.24) is 24.9 Å². The topological polar surface area (TPSA) is 57.9 Å². The van der Waals surface area contributed by atoms with Gasteiger partial charge in [0.1, 0.15) is 6.10 Å². The summed E-state index contributed by atoms with van der Waals surface area (Å²) in [5.74, 6) is 1.72. The van der Waals surface area contributed by atoms with Crippen molar-refractivity contribution in [2.45, 2.75) is 52.2 Å². The van der Waals surface area contributed by atoms with E-state index in [2.05, 4.69) is 41.0 Å². The minimum absolute atomic E-state index is 0.0522. The molecule has 2 aliphatic heterocycles. The van der Waals surface area contributed by atoms with E-state index in [4.69, 9.17) is 9.73 Å². The highest BCUT2D eigenvalue weighted by Gasteiger charge is 2.26. The van der Waals surface area contributed by atoms with Gasteiger partial charge in [0.05, 0.1) is 25.9 Å². The van der Waals surface area contributed by atoms with Crippen LogP contribution in [0.15, 0.2) is 17.4 Å². The zero-order chi connectivity index (χ0) is 19.9. The minimum Gasteiger partial charge on any atom is -0.370 e. The SMILES string of the molecule is CCNC(=NCC(CC(C)C)N1CCCC1)N1CCOC(c2cnn(C)c2)C1. The summed E-state index contributed by atoms with van der Waals surface area (Å²) in [6.07, 6.45) is 7.87. The number of aryl methyl sites for hydroxylation is 1. The van der Waals surface area contributed by atoms with Crippen LogP contribution in [0.3, 0.4) is 0 Å². The molecule has 0 radical (unpaired) electrons. The van der Waals surface area contributed by atoms with Gasteiger partial charge >= 0.3 is 0 Å². The smallest absolute Gasteiger partial charge is 0.194 e. The van der Waals surface area contributed by atoms with Crippen LogP contribution in [0.5, 0.6) is 0 Å². The highest BCUT2D eigenvalue weighted by molar-refractivity contribution is 5.80. The molecule has 158 valence electrons. The number of aromatic nitrogens is 2. The average Bonchev–Trinajstić information content (AvgIpc) is 3.35. The molecule has 2 atom stereocenters. The molecule has 0 saturated carbocycles. The lowest BCUT2D eigenvalue weighted by atomic mass is 10.0. The number of aliphatic imine (C=N–C) groups is 1. The fraction of sp³-hybridized carbons (Fsp3) is 0.810. The number of rotatable bonds is 7. The number of nitrogens with zero attached hydrogens (tertiary/aromatic N) is 5. The maximum absolute atomic E-state index is 6.01. The lowest BCUT2D eigenvalue weighted by molar-refractivity contribution is -0.00808. The molecular weight excluding hydrogens is 352 g/mol. The highest BCUT2D eigenvalue weighted by Crippen LogP contribution is 2.22. The first-order valence-electron chi connectivity index (χ1n) is 10.9. The second-order valence-electron chi connectivity index (χ2n) is 8.47. The third kappa shape index (κ3) is 5.70. The maximum Gasteiger partial charge on any atom is 0.194 e. The molecule has 2 saturated heterocycles. The van der Waals surface area contributed by atoms with Crippen LogP contribution in [0.2, 0.25) is 0 Å². The zero-order valence-corrected chi connectivity index (χ0v) is 18.1. The summed E-state index contributed by atoms with van der Waals surface area (Å²) in [5, 5.41) is 7.81. The molecule has 0 spiro atoms. The fourth-order valence-electron chi connectivity index (χ4n) is 4.26. The highest BCUT2D eigenvalue weighted by atomic mass is 16.5. The van der Waals surface area contributed by atoms with Crippen LogP contribution in [0.4, 0.5) is 0 Å². The van der Waals surface area contributed by atoms with Crippen LogP contribution < -0.4 is 5.32 Å². The van der Waals surface area contributed by atoms with E-state index in [0.717, 1.165) is 37.7 Å². The Hall–Kier alpha value is -1.60. The van der Waals surface area contributed by atoms with Crippen molar-refractivity contribution < 1.29 is 4.74 Å². The Kier molecular flexibility index (Phi) is 7.73. The van der Waals surface area contributed by atoms with Crippen LogP contribution in [0.25, 0.3) is 0 Å². The van der Waals surface area contributed by atoms with Crippen molar-refractivity contribution in [1.29, 1.82) is 0 Å². The Morgan fingerprint density at radius 3 is 2.75 bits per heavy atom. The third-order valence-electron chi connectivity index (χ3n) is 5.65. The van der Waals surface area contributed by atoms with E-state index in [1.807, 2.05) is 24.1 Å². The van der Waals surface area contributed by atoms with Crippen LogP contribution in [-0.4, -0.2) is 77.5 Å². The van der Waals surface area contributed by atoms with Gasteiger partial charge in [0.25, 0.3) is 0 Å². The lowest BCUT2D eigenvalue weighted by Crippen LogP contribution is -2.48. The van der Waals surface area contributed by atoms with Crippen LogP contribution >= 0.6 is 0 Å². The molecule has 3 heterocycles. The van der Waals surface area contributed by atoms with E-state index < -0.39 is 0 Å². The fourth-order valence-corrected chi connectivity index (χ4v) is 4.26. The first-order chi connectivity index (χ1) is 13.6. The Balaban J connectivity index is 1.67. The summed E-state index contributed by atoms with van der Waals surface area (Å²) in [7, 11) is 1.95. The number of hydrogen-bond donors (Lipinski definition) is 1. The summed E-state index contributed by atoms with van der Waals surface area (Å²) in [5.41, 5.74) is 1.14. The van der Waals surface area contributed by atoms with E-state index in [1.165, 1.54) is 32.4 Å². The van der Waals surface area contributed by atoms with Crippen molar-refractivity contribution in [2.24, 2.45) is 18.0 Å². The van der Waals surface area contributed by atoms with Gasteiger partial charge in [0.15, 0.2) is 5.96 Å². The van der Waals surface area contributed by atoms with E-state index in [9.17, 15) is 0 Å². The second kappa shape index (κ2) is 10.3. The Labute approximate surface area is 170 Å². The average molecular weight is 391 g/mol. The Bertz CT molecular complexity index is 622. The van der Waals surface area contributed by atoms with Crippen molar-refractivity contribution in [3.63, 3.8) is 0 Å². The molecular formula is C21H38N6O. The summed E-state index contributed by atoms with van der Waals surface area (Å²) in [6, 6.07) is 0.548. The number of guanidine groups is 1. The second-order valence-corrected chi connectivity index (χ2v) is 8.47. The van der Waals surface area contributed by atoms with Crippen LogP contribution in [-0.2, 0) is 11.8 Å². The normalized spacial score (nSPS) is 22.8. The van der Waals surface area contributed by atoms with Gasteiger partial charge in [0, 0.05) is 37.9 Å². The Morgan fingerprint density at radius 2 is 2.11 bits per heavy atom. The number of hydrogen-bond acceptors (Lipinski definition) is 4. The molecule has 0 bridgehead atoms. The van der Waals surface area contributed by atoms with Gasteiger partial charge in [-0.2, -0.15) is 5.10 Å². The molecule has 7 nitrogen and oxygen atoms in total. The molecule has 1 aromatic heterocycles. The van der Waals surface area contributed by atoms with E-state index in [1.54, 1.807) is 0 Å². The first kappa shape index (κ1) is 21.1. The molecule has 3 rings (SSSR count). The monoisotopic (exact) mass is 390 g/mol. The molecule has 2 unspecified atom stereocenters. The molecule has 0 aromatic carbocycles.